The minimum atomic E-state index is -0.171. The van der Waals surface area contributed by atoms with Crippen molar-refractivity contribution in [1.29, 1.82) is 0 Å². The highest BCUT2D eigenvalue weighted by Crippen LogP contribution is 2.07. The second-order valence-electron chi connectivity index (χ2n) is 4.48. The Morgan fingerprint density at radius 3 is 2.63 bits per heavy atom. The molecule has 1 saturated heterocycles. The Kier molecular flexibility index (Phi) is 4.93. The maximum atomic E-state index is 12.0. The molecule has 0 bridgehead atoms. The summed E-state index contributed by atoms with van der Waals surface area (Å²) in [5.74, 6) is -0.170. The van der Waals surface area contributed by atoms with Crippen molar-refractivity contribution in [3.05, 3.63) is 22.4 Å². The van der Waals surface area contributed by atoms with Crippen molar-refractivity contribution in [2.45, 2.75) is 6.92 Å². The van der Waals surface area contributed by atoms with Crippen LogP contribution in [0.5, 0.6) is 0 Å². The summed E-state index contributed by atoms with van der Waals surface area (Å²) >= 11 is 1.38. The fourth-order valence-electron chi connectivity index (χ4n) is 2.08. The standard InChI is InChI=1S/C13H19N3O2S/c1-2-15-5-7-16(8-6-15)12(17)10-14-13(18)11-4-3-9-19-11/h3-4,9H,2,5-8,10H2,1H3,(H,14,18). The maximum absolute atomic E-state index is 12.0. The number of piperazine rings is 1. The van der Waals surface area contributed by atoms with Gasteiger partial charge in [-0.05, 0) is 18.0 Å². The van der Waals surface area contributed by atoms with E-state index in [1.54, 1.807) is 6.07 Å². The van der Waals surface area contributed by atoms with Crippen molar-refractivity contribution in [3.8, 4) is 0 Å². The lowest BCUT2D eigenvalue weighted by Gasteiger charge is -2.34. The minimum Gasteiger partial charge on any atom is -0.342 e. The van der Waals surface area contributed by atoms with E-state index in [1.807, 2.05) is 16.3 Å². The van der Waals surface area contributed by atoms with Gasteiger partial charge in [-0.2, -0.15) is 0 Å². The third-order valence-electron chi connectivity index (χ3n) is 3.32. The quantitative estimate of drug-likeness (QED) is 0.881. The Morgan fingerprint density at radius 1 is 1.32 bits per heavy atom. The Labute approximate surface area is 117 Å². The van der Waals surface area contributed by atoms with E-state index in [4.69, 9.17) is 0 Å². The largest absolute Gasteiger partial charge is 0.342 e. The van der Waals surface area contributed by atoms with Crippen LogP contribution in [0.4, 0.5) is 0 Å². The molecule has 0 aliphatic carbocycles. The van der Waals surface area contributed by atoms with Crippen LogP contribution < -0.4 is 5.32 Å². The molecule has 1 aliphatic rings. The predicted molar refractivity (Wildman–Crippen MR) is 75.3 cm³/mol. The van der Waals surface area contributed by atoms with Gasteiger partial charge in [0.2, 0.25) is 5.91 Å². The molecule has 0 saturated carbocycles. The van der Waals surface area contributed by atoms with Gasteiger partial charge in [0.15, 0.2) is 0 Å². The van der Waals surface area contributed by atoms with Crippen LogP contribution in [0.1, 0.15) is 16.6 Å². The molecule has 0 atom stereocenters. The lowest BCUT2D eigenvalue weighted by atomic mass is 10.3. The fourth-order valence-corrected chi connectivity index (χ4v) is 2.72. The Bertz CT molecular complexity index is 425. The molecule has 0 aromatic carbocycles. The molecule has 0 unspecified atom stereocenters. The zero-order valence-corrected chi connectivity index (χ0v) is 11.9. The van der Waals surface area contributed by atoms with Crippen LogP contribution in [0, 0.1) is 0 Å². The van der Waals surface area contributed by atoms with E-state index in [9.17, 15) is 9.59 Å². The van der Waals surface area contributed by atoms with Gasteiger partial charge in [-0.25, -0.2) is 0 Å². The van der Waals surface area contributed by atoms with E-state index in [2.05, 4.69) is 17.1 Å². The summed E-state index contributed by atoms with van der Waals surface area (Å²) in [4.78, 5) is 28.5. The number of hydrogen-bond donors (Lipinski definition) is 1. The van der Waals surface area contributed by atoms with Crippen LogP contribution >= 0.6 is 11.3 Å². The number of carbonyl (C=O) groups is 2. The Morgan fingerprint density at radius 2 is 2.05 bits per heavy atom. The Hall–Kier alpha value is -1.40. The summed E-state index contributed by atoms with van der Waals surface area (Å²) in [5.41, 5.74) is 0. The molecule has 1 fully saturated rings. The van der Waals surface area contributed by atoms with E-state index in [0.717, 1.165) is 32.7 Å². The fraction of sp³-hybridized carbons (Fsp3) is 0.538. The molecule has 2 rings (SSSR count). The average Bonchev–Trinajstić information content (AvgIpc) is 2.98. The summed E-state index contributed by atoms with van der Waals surface area (Å²) in [6.07, 6.45) is 0. The molecule has 5 nitrogen and oxygen atoms in total. The molecule has 1 aliphatic heterocycles. The number of nitrogens with zero attached hydrogens (tertiary/aromatic N) is 2. The van der Waals surface area contributed by atoms with Gasteiger partial charge < -0.3 is 15.1 Å². The molecule has 1 N–H and O–H groups in total. The maximum Gasteiger partial charge on any atom is 0.261 e. The molecule has 19 heavy (non-hydrogen) atoms. The number of nitrogens with one attached hydrogen (secondary N) is 1. The molecule has 0 spiro atoms. The molecule has 2 amide bonds. The van der Waals surface area contributed by atoms with E-state index < -0.39 is 0 Å². The van der Waals surface area contributed by atoms with Crippen LogP contribution in [0.3, 0.4) is 0 Å². The van der Waals surface area contributed by atoms with Gasteiger partial charge in [0.1, 0.15) is 0 Å². The van der Waals surface area contributed by atoms with Crippen LogP contribution in [-0.4, -0.2) is 60.9 Å². The van der Waals surface area contributed by atoms with Crippen LogP contribution in [-0.2, 0) is 4.79 Å². The highest BCUT2D eigenvalue weighted by Gasteiger charge is 2.20. The first-order chi connectivity index (χ1) is 9.20. The van der Waals surface area contributed by atoms with E-state index >= 15 is 0 Å². The van der Waals surface area contributed by atoms with Gasteiger partial charge >= 0.3 is 0 Å². The van der Waals surface area contributed by atoms with Gasteiger partial charge in [-0.1, -0.05) is 13.0 Å². The zero-order valence-electron chi connectivity index (χ0n) is 11.1. The third kappa shape index (κ3) is 3.78. The number of likely N-dealkylation sites (N-methyl/N-ethyl adjacent to an activating group) is 1. The van der Waals surface area contributed by atoms with E-state index in [-0.39, 0.29) is 18.4 Å². The summed E-state index contributed by atoms with van der Waals surface area (Å²) in [6.45, 7) is 6.57. The average molecular weight is 281 g/mol. The number of rotatable bonds is 4. The normalized spacial score (nSPS) is 16.4. The molecule has 104 valence electrons. The van der Waals surface area contributed by atoms with Crippen LogP contribution in [0.2, 0.25) is 0 Å². The smallest absolute Gasteiger partial charge is 0.261 e. The zero-order chi connectivity index (χ0) is 13.7. The minimum absolute atomic E-state index is 0.000610. The van der Waals surface area contributed by atoms with Crippen molar-refractivity contribution in [2.75, 3.05) is 39.3 Å². The summed E-state index contributed by atoms with van der Waals surface area (Å²) in [7, 11) is 0. The second kappa shape index (κ2) is 6.68. The first kappa shape index (κ1) is 14.0. The van der Waals surface area contributed by atoms with Gasteiger partial charge in [-0.15, -0.1) is 11.3 Å². The highest BCUT2D eigenvalue weighted by atomic mass is 32.1. The molecule has 1 aromatic heterocycles. The predicted octanol–water partition coefficient (Wildman–Crippen LogP) is 0.642. The number of carbonyl (C=O) groups excluding carboxylic acids is 2. The molecule has 0 radical (unpaired) electrons. The van der Waals surface area contributed by atoms with Crippen molar-refractivity contribution >= 4 is 23.2 Å². The first-order valence-corrected chi connectivity index (χ1v) is 7.40. The lowest BCUT2D eigenvalue weighted by molar-refractivity contribution is -0.131. The van der Waals surface area contributed by atoms with Crippen LogP contribution in [0.25, 0.3) is 0 Å². The number of amides is 2. The van der Waals surface area contributed by atoms with Gasteiger partial charge in [0.05, 0.1) is 11.4 Å². The first-order valence-electron chi connectivity index (χ1n) is 6.52. The summed E-state index contributed by atoms with van der Waals surface area (Å²) < 4.78 is 0. The van der Waals surface area contributed by atoms with E-state index in [1.165, 1.54) is 11.3 Å². The number of hydrogen-bond acceptors (Lipinski definition) is 4. The van der Waals surface area contributed by atoms with Crippen molar-refractivity contribution < 1.29 is 9.59 Å². The second-order valence-corrected chi connectivity index (χ2v) is 5.42. The number of thiophene rings is 1. The van der Waals surface area contributed by atoms with E-state index in [0.29, 0.717) is 4.88 Å². The molecular formula is C13H19N3O2S. The SMILES string of the molecule is CCN1CCN(C(=O)CNC(=O)c2cccs2)CC1. The van der Waals surface area contributed by atoms with Crippen molar-refractivity contribution in [2.24, 2.45) is 0 Å². The van der Waals surface area contributed by atoms with Gasteiger partial charge in [0, 0.05) is 26.2 Å². The monoisotopic (exact) mass is 281 g/mol. The summed E-state index contributed by atoms with van der Waals surface area (Å²) in [6, 6.07) is 3.58. The molecule has 2 heterocycles. The lowest BCUT2D eigenvalue weighted by Crippen LogP contribution is -2.51. The molecule has 1 aromatic rings. The summed E-state index contributed by atoms with van der Waals surface area (Å²) in [5, 5.41) is 4.52. The Balaban J connectivity index is 1.74. The van der Waals surface area contributed by atoms with Crippen molar-refractivity contribution in [1.82, 2.24) is 15.1 Å². The third-order valence-corrected chi connectivity index (χ3v) is 4.19. The highest BCUT2D eigenvalue weighted by molar-refractivity contribution is 7.12. The topological polar surface area (TPSA) is 52.6 Å². The van der Waals surface area contributed by atoms with Crippen molar-refractivity contribution in [3.63, 3.8) is 0 Å². The van der Waals surface area contributed by atoms with Gasteiger partial charge in [-0.3, -0.25) is 9.59 Å². The molecular weight excluding hydrogens is 262 g/mol. The molecule has 6 heteroatoms. The van der Waals surface area contributed by atoms with Gasteiger partial charge in [0.25, 0.3) is 5.91 Å². The van der Waals surface area contributed by atoms with Crippen LogP contribution in [0.15, 0.2) is 17.5 Å².